The van der Waals surface area contributed by atoms with Gasteiger partial charge in [-0.3, -0.25) is 0 Å². The molecule has 1 heterocycles. The van der Waals surface area contributed by atoms with Crippen molar-refractivity contribution in [2.24, 2.45) is 11.1 Å². The van der Waals surface area contributed by atoms with Crippen LogP contribution in [0.4, 0.5) is 0 Å². The van der Waals surface area contributed by atoms with Crippen molar-refractivity contribution in [1.29, 1.82) is 0 Å². The SMILES string of the molecule is COc1ccc(Br)c(S(=O)(=O)N2CCC(C)(CN)C2)c1. The van der Waals surface area contributed by atoms with Gasteiger partial charge >= 0.3 is 0 Å². The topological polar surface area (TPSA) is 72.6 Å². The van der Waals surface area contributed by atoms with Crippen LogP contribution in [0.2, 0.25) is 0 Å². The molecule has 0 spiro atoms. The lowest BCUT2D eigenvalue weighted by Gasteiger charge is -2.22. The van der Waals surface area contributed by atoms with Gasteiger partial charge in [-0.25, -0.2) is 8.42 Å². The van der Waals surface area contributed by atoms with Crippen LogP contribution in [0.5, 0.6) is 5.75 Å². The van der Waals surface area contributed by atoms with E-state index in [0.29, 0.717) is 29.9 Å². The molecule has 1 aromatic carbocycles. The molecular formula is C13H19BrN2O3S. The molecule has 1 aromatic rings. The maximum Gasteiger partial charge on any atom is 0.244 e. The summed E-state index contributed by atoms with van der Waals surface area (Å²) in [6.07, 6.45) is 0.782. The zero-order chi connectivity index (χ0) is 15.0. The van der Waals surface area contributed by atoms with Crippen molar-refractivity contribution < 1.29 is 13.2 Å². The molecule has 1 atom stereocenters. The summed E-state index contributed by atoms with van der Waals surface area (Å²) in [4.78, 5) is 0.234. The maximum atomic E-state index is 12.7. The summed E-state index contributed by atoms with van der Waals surface area (Å²) in [6, 6.07) is 4.94. The van der Waals surface area contributed by atoms with Crippen molar-refractivity contribution in [2.45, 2.75) is 18.2 Å². The average Bonchev–Trinajstić information content (AvgIpc) is 2.83. The van der Waals surface area contributed by atoms with Gasteiger partial charge in [0.25, 0.3) is 0 Å². The van der Waals surface area contributed by atoms with Crippen LogP contribution < -0.4 is 10.5 Å². The van der Waals surface area contributed by atoms with E-state index in [0.717, 1.165) is 6.42 Å². The molecule has 0 amide bonds. The third-order valence-electron chi connectivity index (χ3n) is 3.77. The largest absolute Gasteiger partial charge is 0.497 e. The first kappa shape index (κ1) is 15.8. The highest BCUT2D eigenvalue weighted by atomic mass is 79.9. The fourth-order valence-corrected chi connectivity index (χ4v) is 4.83. The number of benzene rings is 1. The molecule has 7 heteroatoms. The highest BCUT2D eigenvalue weighted by Gasteiger charge is 2.39. The molecule has 5 nitrogen and oxygen atoms in total. The zero-order valence-corrected chi connectivity index (χ0v) is 14.0. The van der Waals surface area contributed by atoms with Crippen LogP contribution in [0.15, 0.2) is 27.6 Å². The number of nitrogens with zero attached hydrogens (tertiary/aromatic N) is 1. The van der Waals surface area contributed by atoms with Crippen molar-refractivity contribution in [2.75, 3.05) is 26.7 Å². The molecule has 20 heavy (non-hydrogen) atoms. The number of hydrogen-bond donors (Lipinski definition) is 1. The molecule has 1 unspecified atom stereocenters. The molecule has 112 valence electrons. The van der Waals surface area contributed by atoms with E-state index in [1.807, 2.05) is 6.92 Å². The van der Waals surface area contributed by atoms with Crippen LogP contribution in [0.3, 0.4) is 0 Å². The van der Waals surface area contributed by atoms with Crippen molar-refractivity contribution in [3.8, 4) is 5.75 Å². The number of halogens is 1. The lowest BCUT2D eigenvalue weighted by atomic mass is 9.90. The van der Waals surface area contributed by atoms with Gasteiger partial charge in [-0.15, -0.1) is 0 Å². The second kappa shape index (κ2) is 5.63. The fourth-order valence-electron chi connectivity index (χ4n) is 2.30. The van der Waals surface area contributed by atoms with Gasteiger partial charge < -0.3 is 10.5 Å². The van der Waals surface area contributed by atoms with Gasteiger partial charge in [0, 0.05) is 23.6 Å². The lowest BCUT2D eigenvalue weighted by Crippen LogP contribution is -2.34. The molecule has 0 radical (unpaired) electrons. The summed E-state index contributed by atoms with van der Waals surface area (Å²) in [7, 11) is -2.02. The fraction of sp³-hybridized carbons (Fsp3) is 0.538. The summed E-state index contributed by atoms with van der Waals surface area (Å²) in [5.74, 6) is 0.521. The summed E-state index contributed by atoms with van der Waals surface area (Å²) >= 11 is 3.30. The number of sulfonamides is 1. The van der Waals surface area contributed by atoms with Crippen LogP contribution in [-0.4, -0.2) is 39.5 Å². The van der Waals surface area contributed by atoms with Gasteiger partial charge in [0.2, 0.25) is 10.0 Å². The van der Waals surface area contributed by atoms with Crippen LogP contribution in [0.1, 0.15) is 13.3 Å². The molecule has 2 rings (SSSR count). The monoisotopic (exact) mass is 362 g/mol. The smallest absolute Gasteiger partial charge is 0.244 e. The van der Waals surface area contributed by atoms with Crippen molar-refractivity contribution in [1.82, 2.24) is 4.31 Å². The average molecular weight is 363 g/mol. The number of nitrogens with two attached hydrogens (primary N) is 1. The maximum absolute atomic E-state index is 12.7. The van der Waals surface area contributed by atoms with Crippen molar-refractivity contribution >= 4 is 26.0 Å². The number of ether oxygens (including phenoxy) is 1. The summed E-state index contributed by atoms with van der Waals surface area (Å²) in [6.45, 7) is 3.45. The van der Waals surface area contributed by atoms with E-state index in [1.54, 1.807) is 12.1 Å². The number of methoxy groups -OCH3 is 1. The second-order valence-corrected chi connectivity index (χ2v) is 8.16. The molecule has 0 aliphatic carbocycles. The minimum absolute atomic E-state index is 0.140. The lowest BCUT2D eigenvalue weighted by molar-refractivity contribution is 0.349. The quantitative estimate of drug-likeness (QED) is 0.886. The summed E-state index contributed by atoms with van der Waals surface area (Å²) in [5, 5.41) is 0. The van der Waals surface area contributed by atoms with Crippen molar-refractivity contribution in [3.05, 3.63) is 22.7 Å². The Morgan fingerprint density at radius 3 is 2.75 bits per heavy atom. The van der Waals surface area contributed by atoms with E-state index in [1.165, 1.54) is 17.5 Å². The van der Waals surface area contributed by atoms with Gasteiger partial charge in [0.05, 0.1) is 7.11 Å². The van der Waals surface area contributed by atoms with Crippen LogP contribution in [0.25, 0.3) is 0 Å². The number of rotatable bonds is 4. The minimum atomic E-state index is -3.53. The van der Waals surface area contributed by atoms with Crippen LogP contribution in [0, 0.1) is 5.41 Å². The Labute approximate surface area is 128 Å². The first-order valence-electron chi connectivity index (χ1n) is 6.36. The Balaban J connectivity index is 2.37. The van der Waals surface area contributed by atoms with E-state index in [9.17, 15) is 8.42 Å². The molecule has 1 fully saturated rings. The first-order valence-corrected chi connectivity index (χ1v) is 8.59. The van der Waals surface area contributed by atoms with Gasteiger partial charge in [-0.1, -0.05) is 6.92 Å². The van der Waals surface area contributed by atoms with Crippen LogP contribution in [-0.2, 0) is 10.0 Å². The summed E-state index contributed by atoms with van der Waals surface area (Å²) < 4.78 is 32.6. The molecule has 0 bridgehead atoms. The first-order chi connectivity index (χ1) is 9.32. The van der Waals surface area contributed by atoms with E-state index in [-0.39, 0.29) is 10.3 Å². The van der Waals surface area contributed by atoms with E-state index in [4.69, 9.17) is 10.5 Å². The summed E-state index contributed by atoms with van der Waals surface area (Å²) in [5.41, 5.74) is 5.60. The Morgan fingerprint density at radius 2 is 2.20 bits per heavy atom. The predicted octanol–water partition coefficient (Wildman–Crippen LogP) is 1.82. The number of hydrogen-bond acceptors (Lipinski definition) is 4. The molecule has 2 N–H and O–H groups in total. The Kier molecular flexibility index (Phi) is 4.44. The van der Waals surface area contributed by atoms with Crippen LogP contribution >= 0.6 is 15.9 Å². The standard InChI is InChI=1S/C13H19BrN2O3S/c1-13(8-15)5-6-16(9-13)20(17,18)12-7-10(19-2)3-4-11(12)14/h3-4,7H,5-6,8-9,15H2,1-2H3. The molecule has 1 aliphatic rings. The van der Waals surface area contributed by atoms with Gasteiger partial charge in [0.1, 0.15) is 10.6 Å². The van der Waals surface area contributed by atoms with Gasteiger partial charge in [-0.05, 0) is 46.4 Å². The highest BCUT2D eigenvalue weighted by Crippen LogP contribution is 2.35. The molecule has 1 saturated heterocycles. The Morgan fingerprint density at radius 1 is 1.50 bits per heavy atom. The third-order valence-corrected chi connectivity index (χ3v) is 6.61. The van der Waals surface area contributed by atoms with E-state index in [2.05, 4.69) is 15.9 Å². The molecule has 1 aliphatic heterocycles. The Bertz CT molecular complexity index is 606. The van der Waals surface area contributed by atoms with Gasteiger partial charge in [-0.2, -0.15) is 4.31 Å². The molecular weight excluding hydrogens is 344 g/mol. The van der Waals surface area contributed by atoms with E-state index >= 15 is 0 Å². The highest BCUT2D eigenvalue weighted by molar-refractivity contribution is 9.10. The zero-order valence-electron chi connectivity index (χ0n) is 11.6. The predicted molar refractivity (Wildman–Crippen MR) is 81.2 cm³/mol. The Hall–Kier alpha value is -0.630. The second-order valence-electron chi connectivity index (χ2n) is 5.40. The van der Waals surface area contributed by atoms with Crippen molar-refractivity contribution in [3.63, 3.8) is 0 Å². The van der Waals surface area contributed by atoms with Gasteiger partial charge in [0.15, 0.2) is 0 Å². The van der Waals surface area contributed by atoms with E-state index < -0.39 is 10.0 Å². The normalized spacial score (nSPS) is 24.0. The molecule has 0 saturated carbocycles. The third kappa shape index (κ3) is 2.86. The minimum Gasteiger partial charge on any atom is -0.497 e. The molecule has 0 aromatic heterocycles.